The molecule has 9 heteroatoms. The predicted molar refractivity (Wildman–Crippen MR) is 153 cm³/mol. The van der Waals surface area contributed by atoms with Crippen LogP contribution in [0.15, 0.2) is 49.5 Å². The van der Waals surface area contributed by atoms with E-state index in [9.17, 15) is 14.4 Å². The molecule has 202 valence electrons. The fourth-order valence-electron chi connectivity index (χ4n) is 3.19. The van der Waals surface area contributed by atoms with Crippen LogP contribution in [0.2, 0.25) is 0 Å². The highest BCUT2D eigenvalue weighted by Crippen LogP contribution is 2.23. The SMILES string of the molecule is CC.CCc1cccc(C=O)c1.CCc1coc(CS/C(=N/c2c(C)c(=O)n(C)c(=O)n2C)C(C)C)n1. The molecule has 0 saturated heterocycles. The van der Waals surface area contributed by atoms with Crippen molar-refractivity contribution in [2.24, 2.45) is 25.0 Å². The lowest BCUT2D eigenvalue weighted by atomic mass is 10.1. The maximum absolute atomic E-state index is 12.2. The van der Waals surface area contributed by atoms with Gasteiger partial charge in [0, 0.05) is 25.6 Å². The lowest BCUT2D eigenvalue weighted by Gasteiger charge is -2.13. The van der Waals surface area contributed by atoms with E-state index in [0.717, 1.165) is 40.0 Å². The van der Waals surface area contributed by atoms with E-state index < -0.39 is 0 Å². The summed E-state index contributed by atoms with van der Waals surface area (Å²) >= 11 is 1.50. The molecule has 0 fully saturated rings. The average molecular weight is 529 g/mol. The van der Waals surface area contributed by atoms with E-state index in [1.807, 2.05) is 58.9 Å². The molecule has 1 aromatic carbocycles. The molecule has 0 bridgehead atoms. The number of hydrogen-bond donors (Lipinski definition) is 0. The van der Waals surface area contributed by atoms with Gasteiger partial charge in [0.15, 0.2) is 0 Å². The number of thioether (sulfide) groups is 1. The molecular formula is C28H40N4O4S. The van der Waals surface area contributed by atoms with Crippen LogP contribution in [0.1, 0.15) is 74.6 Å². The fraction of sp³-hybridized carbons (Fsp3) is 0.464. The maximum Gasteiger partial charge on any atom is 0.332 e. The first kappa shape index (κ1) is 31.8. The van der Waals surface area contributed by atoms with E-state index in [1.54, 1.807) is 20.2 Å². The predicted octanol–water partition coefficient (Wildman–Crippen LogP) is 5.65. The van der Waals surface area contributed by atoms with Gasteiger partial charge in [0.25, 0.3) is 5.56 Å². The Morgan fingerprint density at radius 3 is 2.35 bits per heavy atom. The number of rotatable bonds is 7. The second kappa shape index (κ2) is 15.8. The molecule has 37 heavy (non-hydrogen) atoms. The van der Waals surface area contributed by atoms with Crippen molar-refractivity contribution in [2.75, 3.05) is 0 Å². The van der Waals surface area contributed by atoms with Crippen molar-refractivity contribution in [3.05, 3.63) is 79.6 Å². The van der Waals surface area contributed by atoms with Gasteiger partial charge in [-0.15, -0.1) is 11.8 Å². The second-order valence-corrected chi connectivity index (χ2v) is 9.35. The standard InChI is InChI=1S/C17H24N4O3S.C9H10O.C2H6/c1-7-12-8-24-13(18-12)9-25-15(10(2)3)19-14-11(4)16(22)21(6)17(23)20(14)5;1-2-8-4-3-5-9(6-8)7-10;1-2/h8,10H,7,9H2,1-6H3;3-7H,2H2,1H3;1-2H3/b19-15+;;. The Hall–Kier alpha value is -3.20. The van der Waals surface area contributed by atoms with Crippen LogP contribution in [0.3, 0.4) is 0 Å². The molecule has 0 aliphatic rings. The fourth-order valence-corrected chi connectivity index (χ4v) is 4.08. The third kappa shape index (κ3) is 9.00. The molecule has 3 rings (SSSR count). The van der Waals surface area contributed by atoms with Gasteiger partial charge < -0.3 is 4.42 Å². The van der Waals surface area contributed by atoms with Crippen molar-refractivity contribution in [1.29, 1.82) is 0 Å². The lowest BCUT2D eigenvalue weighted by molar-refractivity contribution is 0.112. The molecule has 0 atom stereocenters. The second-order valence-electron chi connectivity index (χ2n) is 8.35. The summed E-state index contributed by atoms with van der Waals surface area (Å²) in [7, 11) is 3.09. The average Bonchev–Trinajstić information content (AvgIpc) is 3.40. The Labute approximate surface area is 223 Å². The molecule has 8 nitrogen and oxygen atoms in total. The molecular weight excluding hydrogens is 488 g/mol. The third-order valence-electron chi connectivity index (χ3n) is 5.36. The minimum Gasteiger partial charge on any atom is -0.448 e. The Morgan fingerprint density at radius 2 is 1.81 bits per heavy atom. The summed E-state index contributed by atoms with van der Waals surface area (Å²) in [6.45, 7) is 13.8. The lowest BCUT2D eigenvalue weighted by Crippen LogP contribution is -2.38. The van der Waals surface area contributed by atoms with Crippen LogP contribution in [0, 0.1) is 12.8 Å². The van der Waals surface area contributed by atoms with E-state index in [4.69, 9.17) is 4.42 Å². The molecule has 3 aromatic rings. The summed E-state index contributed by atoms with van der Waals surface area (Å²) in [5.74, 6) is 1.73. The van der Waals surface area contributed by atoms with Crippen LogP contribution < -0.4 is 11.2 Å². The Bertz CT molecular complexity index is 1260. The van der Waals surface area contributed by atoms with Crippen LogP contribution >= 0.6 is 11.8 Å². The van der Waals surface area contributed by atoms with Gasteiger partial charge in [-0.05, 0) is 31.4 Å². The Kier molecular flexibility index (Phi) is 13.6. The highest BCUT2D eigenvalue weighted by molar-refractivity contribution is 8.13. The van der Waals surface area contributed by atoms with Gasteiger partial charge in [-0.1, -0.05) is 59.7 Å². The number of aldehydes is 1. The number of carbonyl (C=O) groups excluding carboxylic acids is 1. The molecule has 0 amide bonds. The number of hydrogen-bond acceptors (Lipinski definition) is 7. The van der Waals surface area contributed by atoms with Gasteiger partial charge in [0.2, 0.25) is 5.89 Å². The first-order valence-corrected chi connectivity index (χ1v) is 13.6. The van der Waals surface area contributed by atoms with Crippen LogP contribution in [0.5, 0.6) is 0 Å². The number of aryl methyl sites for hydroxylation is 2. The first-order chi connectivity index (χ1) is 17.6. The van der Waals surface area contributed by atoms with Gasteiger partial charge in [-0.2, -0.15) is 0 Å². The van der Waals surface area contributed by atoms with Crippen molar-refractivity contribution >= 4 is 28.9 Å². The molecule has 0 spiro atoms. The highest BCUT2D eigenvalue weighted by Gasteiger charge is 2.15. The van der Waals surface area contributed by atoms with Crippen molar-refractivity contribution in [2.45, 2.75) is 67.1 Å². The van der Waals surface area contributed by atoms with E-state index in [-0.39, 0.29) is 17.2 Å². The molecule has 0 N–H and O–H groups in total. The minimum atomic E-state index is -0.386. The number of nitrogens with zero attached hydrogens (tertiary/aromatic N) is 4. The van der Waals surface area contributed by atoms with E-state index in [0.29, 0.717) is 23.0 Å². The zero-order chi connectivity index (χ0) is 28.1. The number of aromatic nitrogens is 3. The van der Waals surface area contributed by atoms with Crippen LogP contribution in [-0.4, -0.2) is 25.4 Å². The number of oxazole rings is 1. The molecule has 0 aliphatic carbocycles. The maximum atomic E-state index is 12.2. The van der Waals surface area contributed by atoms with Crippen molar-refractivity contribution in [3.8, 4) is 0 Å². The Balaban J connectivity index is 0.000000475. The minimum absolute atomic E-state index is 0.143. The molecule has 0 unspecified atom stereocenters. The van der Waals surface area contributed by atoms with Crippen molar-refractivity contribution < 1.29 is 9.21 Å². The van der Waals surface area contributed by atoms with Gasteiger partial charge in [0.05, 0.1) is 22.1 Å². The summed E-state index contributed by atoms with van der Waals surface area (Å²) in [5.41, 5.74) is 2.64. The van der Waals surface area contributed by atoms with Crippen LogP contribution in [-0.2, 0) is 32.7 Å². The summed E-state index contributed by atoms with van der Waals surface area (Å²) < 4.78 is 7.94. The summed E-state index contributed by atoms with van der Waals surface area (Å²) in [4.78, 5) is 43.6. The monoisotopic (exact) mass is 528 g/mol. The van der Waals surface area contributed by atoms with Gasteiger partial charge in [0.1, 0.15) is 18.4 Å². The van der Waals surface area contributed by atoms with E-state index in [2.05, 4.69) is 16.9 Å². The summed E-state index contributed by atoms with van der Waals surface area (Å²) in [6, 6.07) is 7.65. The zero-order valence-corrected chi connectivity index (χ0v) is 24.3. The molecule has 2 heterocycles. The summed E-state index contributed by atoms with van der Waals surface area (Å²) in [6.07, 6.45) is 4.35. The number of benzene rings is 1. The smallest absolute Gasteiger partial charge is 0.332 e. The van der Waals surface area contributed by atoms with E-state index in [1.165, 1.54) is 28.9 Å². The van der Waals surface area contributed by atoms with Gasteiger partial charge in [-0.3, -0.25) is 18.7 Å². The summed E-state index contributed by atoms with van der Waals surface area (Å²) in [5, 5.41) is 0.822. The van der Waals surface area contributed by atoms with Crippen LogP contribution in [0.25, 0.3) is 0 Å². The third-order valence-corrected chi connectivity index (χ3v) is 6.61. The molecule has 2 aromatic heterocycles. The molecule has 0 radical (unpaired) electrons. The Morgan fingerprint density at radius 1 is 1.14 bits per heavy atom. The van der Waals surface area contributed by atoms with Gasteiger partial charge >= 0.3 is 5.69 Å². The van der Waals surface area contributed by atoms with Gasteiger partial charge in [-0.25, -0.2) is 14.8 Å². The van der Waals surface area contributed by atoms with Crippen LogP contribution in [0.4, 0.5) is 5.82 Å². The topological polar surface area (TPSA) is 99.5 Å². The largest absolute Gasteiger partial charge is 0.448 e. The first-order valence-electron chi connectivity index (χ1n) is 12.6. The highest BCUT2D eigenvalue weighted by atomic mass is 32.2. The number of aliphatic imine (C=N–C) groups is 1. The van der Waals surface area contributed by atoms with E-state index >= 15 is 0 Å². The van der Waals surface area contributed by atoms with Crippen molar-refractivity contribution in [3.63, 3.8) is 0 Å². The van der Waals surface area contributed by atoms with Crippen molar-refractivity contribution in [1.82, 2.24) is 14.1 Å². The molecule has 0 aliphatic heterocycles. The molecule has 0 saturated carbocycles. The normalized spacial score (nSPS) is 10.9. The quantitative estimate of drug-likeness (QED) is 0.223. The zero-order valence-electron chi connectivity index (χ0n) is 23.5. The number of carbonyl (C=O) groups is 1.